The molecule has 1 N–H and O–H groups in total. The lowest BCUT2D eigenvalue weighted by molar-refractivity contribution is 0.493. The summed E-state index contributed by atoms with van der Waals surface area (Å²) in [5, 5.41) is 3.82. The molecule has 106 valence electrons. The lowest BCUT2D eigenvalue weighted by atomic mass is 9.97. The number of hydrogen-bond donors (Lipinski definition) is 1. The molecule has 0 saturated heterocycles. The maximum absolute atomic E-state index is 3.82. The Morgan fingerprint density at radius 3 is 1.80 bits per heavy atom. The van der Waals surface area contributed by atoms with Gasteiger partial charge >= 0.3 is 0 Å². The second-order valence-corrected chi connectivity index (χ2v) is 5.89. The fourth-order valence-electron chi connectivity index (χ4n) is 2.40. The van der Waals surface area contributed by atoms with Crippen molar-refractivity contribution < 1.29 is 0 Å². The zero-order valence-electron chi connectivity index (χ0n) is 12.3. The van der Waals surface area contributed by atoms with Gasteiger partial charge in [-0.3, -0.25) is 0 Å². The SMILES string of the molecule is CCC(CSC)NC(c1ccccc1)c1ccccc1. The molecule has 0 radical (unpaired) electrons. The fraction of sp³-hybridized carbons (Fsp3) is 0.333. The minimum absolute atomic E-state index is 0.273. The van der Waals surface area contributed by atoms with Gasteiger partial charge < -0.3 is 5.32 Å². The van der Waals surface area contributed by atoms with Gasteiger partial charge in [0, 0.05) is 11.8 Å². The van der Waals surface area contributed by atoms with Crippen molar-refractivity contribution in [3.8, 4) is 0 Å². The largest absolute Gasteiger partial charge is 0.303 e. The van der Waals surface area contributed by atoms with Crippen molar-refractivity contribution in [2.24, 2.45) is 0 Å². The molecule has 1 atom stereocenters. The van der Waals surface area contributed by atoms with Crippen LogP contribution >= 0.6 is 11.8 Å². The number of rotatable bonds is 7. The Morgan fingerprint density at radius 2 is 1.40 bits per heavy atom. The fourth-order valence-corrected chi connectivity index (χ4v) is 3.13. The van der Waals surface area contributed by atoms with Crippen LogP contribution in [0.3, 0.4) is 0 Å². The van der Waals surface area contributed by atoms with Crippen LogP contribution in [0.2, 0.25) is 0 Å². The third-order valence-corrected chi connectivity index (χ3v) is 4.26. The van der Waals surface area contributed by atoms with Crippen LogP contribution in [-0.2, 0) is 0 Å². The molecule has 0 aliphatic rings. The molecule has 2 aromatic rings. The van der Waals surface area contributed by atoms with E-state index >= 15 is 0 Å². The average molecular weight is 285 g/mol. The molecule has 0 fully saturated rings. The molecule has 20 heavy (non-hydrogen) atoms. The van der Waals surface area contributed by atoms with Crippen molar-refractivity contribution in [3.05, 3.63) is 71.8 Å². The minimum Gasteiger partial charge on any atom is -0.303 e. The summed E-state index contributed by atoms with van der Waals surface area (Å²) in [6.45, 7) is 2.25. The quantitative estimate of drug-likeness (QED) is 0.803. The van der Waals surface area contributed by atoms with Gasteiger partial charge in [0.15, 0.2) is 0 Å². The van der Waals surface area contributed by atoms with Crippen molar-refractivity contribution in [2.45, 2.75) is 25.4 Å². The molecule has 2 rings (SSSR count). The summed E-state index contributed by atoms with van der Waals surface area (Å²) < 4.78 is 0. The number of nitrogens with one attached hydrogen (secondary N) is 1. The molecule has 2 heteroatoms. The maximum atomic E-state index is 3.82. The van der Waals surface area contributed by atoms with E-state index in [2.05, 4.69) is 79.2 Å². The van der Waals surface area contributed by atoms with Crippen molar-refractivity contribution in [3.63, 3.8) is 0 Å². The molecule has 2 aromatic carbocycles. The van der Waals surface area contributed by atoms with Crippen LogP contribution in [0.4, 0.5) is 0 Å². The molecule has 1 nitrogen and oxygen atoms in total. The molecule has 0 heterocycles. The molecule has 0 aliphatic carbocycles. The van der Waals surface area contributed by atoms with Crippen LogP contribution in [0.1, 0.15) is 30.5 Å². The van der Waals surface area contributed by atoms with E-state index in [1.165, 1.54) is 11.1 Å². The summed E-state index contributed by atoms with van der Waals surface area (Å²) in [4.78, 5) is 0. The van der Waals surface area contributed by atoms with Gasteiger partial charge in [0.2, 0.25) is 0 Å². The predicted octanol–water partition coefficient (Wildman–Crippen LogP) is 4.51. The van der Waals surface area contributed by atoms with Gasteiger partial charge in [0.05, 0.1) is 6.04 Å². The minimum atomic E-state index is 0.273. The van der Waals surface area contributed by atoms with E-state index < -0.39 is 0 Å². The second kappa shape index (κ2) is 8.13. The van der Waals surface area contributed by atoms with Crippen molar-refractivity contribution in [2.75, 3.05) is 12.0 Å². The first-order chi connectivity index (χ1) is 9.85. The summed E-state index contributed by atoms with van der Waals surface area (Å²) in [5.41, 5.74) is 2.66. The Hall–Kier alpha value is -1.25. The number of benzene rings is 2. The molecule has 0 spiro atoms. The first-order valence-corrected chi connectivity index (χ1v) is 8.59. The molecule has 0 aliphatic heterocycles. The highest BCUT2D eigenvalue weighted by molar-refractivity contribution is 7.98. The maximum Gasteiger partial charge on any atom is 0.0579 e. The van der Waals surface area contributed by atoms with E-state index in [1.807, 2.05) is 11.8 Å². The standard InChI is InChI=1S/C18H23NS/c1-3-17(14-20-2)19-18(15-10-6-4-7-11-15)16-12-8-5-9-13-16/h4-13,17-19H,3,14H2,1-2H3. The monoisotopic (exact) mass is 285 g/mol. The molecule has 1 unspecified atom stereocenters. The zero-order chi connectivity index (χ0) is 14.2. The van der Waals surface area contributed by atoms with Crippen LogP contribution in [-0.4, -0.2) is 18.1 Å². The molecular formula is C18H23NS. The second-order valence-electron chi connectivity index (χ2n) is 4.98. The van der Waals surface area contributed by atoms with Gasteiger partial charge in [-0.1, -0.05) is 67.6 Å². The van der Waals surface area contributed by atoms with E-state index in [4.69, 9.17) is 0 Å². The summed E-state index contributed by atoms with van der Waals surface area (Å²) in [6, 6.07) is 22.2. The van der Waals surface area contributed by atoms with Crippen LogP contribution in [0.15, 0.2) is 60.7 Å². The smallest absolute Gasteiger partial charge is 0.0579 e. The lowest BCUT2D eigenvalue weighted by Gasteiger charge is -2.25. The Bertz CT molecular complexity index is 444. The average Bonchev–Trinajstić information content (AvgIpc) is 2.53. The van der Waals surface area contributed by atoms with E-state index in [1.54, 1.807) is 0 Å². The number of thioether (sulfide) groups is 1. The third-order valence-electron chi connectivity index (χ3n) is 3.53. The topological polar surface area (TPSA) is 12.0 Å². The molecule has 0 bridgehead atoms. The summed E-state index contributed by atoms with van der Waals surface area (Å²) in [5.74, 6) is 1.15. The van der Waals surface area contributed by atoms with Gasteiger partial charge in [-0.25, -0.2) is 0 Å². The van der Waals surface area contributed by atoms with Gasteiger partial charge in [-0.15, -0.1) is 0 Å². The Labute approximate surface area is 126 Å². The Morgan fingerprint density at radius 1 is 0.900 bits per heavy atom. The van der Waals surface area contributed by atoms with Crippen LogP contribution in [0, 0.1) is 0 Å². The first-order valence-electron chi connectivity index (χ1n) is 7.20. The van der Waals surface area contributed by atoms with Gasteiger partial charge in [-0.05, 0) is 23.8 Å². The zero-order valence-corrected chi connectivity index (χ0v) is 13.1. The van der Waals surface area contributed by atoms with Crippen LogP contribution in [0.25, 0.3) is 0 Å². The van der Waals surface area contributed by atoms with Crippen molar-refractivity contribution in [1.82, 2.24) is 5.32 Å². The summed E-state index contributed by atoms with van der Waals surface area (Å²) in [7, 11) is 0. The first kappa shape index (κ1) is 15.1. The third kappa shape index (κ3) is 4.12. The summed E-state index contributed by atoms with van der Waals surface area (Å²) in [6.07, 6.45) is 3.32. The van der Waals surface area contributed by atoms with Crippen LogP contribution in [0.5, 0.6) is 0 Å². The Balaban J connectivity index is 2.25. The van der Waals surface area contributed by atoms with Crippen LogP contribution < -0.4 is 5.32 Å². The van der Waals surface area contributed by atoms with Crippen molar-refractivity contribution in [1.29, 1.82) is 0 Å². The molecule has 0 saturated carbocycles. The molecular weight excluding hydrogens is 262 g/mol. The highest BCUT2D eigenvalue weighted by atomic mass is 32.2. The van der Waals surface area contributed by atoms with E-state index in [0.717, 1.165) is 12.2 Å². The van der Waals surface area contributed by atoms with Gasteiger partial charge in [0.25, 0.3) is 0 Å². The van der Waals surface area contributed by atoms with E-state index in [0.29, 0.717) is 6.04 Å². The predicted molar refractivity (Wildman–Crippen MR) is 90.3 cm³/mol. The highest BCUT2D eigenvalue weighted by Gasteiger charge is 2.17. The van der Waals surface area contributed by atoms with E-state index in [-0.39, 0.29) is 6.04 Å². The van der Waals surface area contributed by atoms with Gasteiger partial charge in [0.1, 0.15) is 0 Å². The highest BCUT2D eigenvalue weighted by Crippen LogP contribution is 2.23. The van der Waals surface area contributed by atoms with Gasteiger partial charge in [-0.2, -0.15) is 11.8 Å². The van der Waals surface area contributed by atoms with E-state index in [9.17, 15) is 0 Å². The number of hydrogen-bond acceptors (Lipinski definition) is 2. The lowest BCUT2D eigenvalue weighted by Crippen LogP contribution is -2.34. The summed E-state index contributed by atoms with van der Waals surface area (Å²) >= 11 is 1.90. The molecule has 0 amide bonds. The molecule has 0 aromatic heterocycles. The Kier molecular flexibility index (Phi) is 6.16. The van der Waals surface area contributed by atoms with Crippen molar-refractivity contribution >= 4 is 11.8 Å². The normalized spacial score (nSPS) is 12.6.